The highest BCUT2D eigenvalue weighted by Gasteiger charge is 2.36. The van der Waals surface area contributed by atoms with E-state index in [2.05, 4.69) is 25.0 Å². The monoisotopic (exact) mass is 336 g/mol. The number of halogens is 1. The zero-order valence-electron chi connectivity index (χ0n) is 12.9. The van der Waals surface area contributed by atoms with Crippen molar-refractivity contribution >= 4 is 18.4 Å². The second-order valence-electron chi connectivity index (χ2n) is 6.22. The van der Waals surface area contributed by atoms with Crippen LogP contribution >= 0.6 is 12.4 Å². The lowest BCUT2D eigenvalue weighted by Gasteiger charge is -2.17. The van der Waals surface area contributed by atoms with Gasteiger partial charge in [-0.25, -0.2) is 9.97 Å². The number of anilines is 1. The zero-order valence-corrected chi connectivity index (χ0v) is 13.8. The molecular formula is C15H21ClN6O. The Balaban J connectivity index is 0.00000156. The second kappa shape index (κ2) is 6.41. The molecule has 7 nitrogen and oxygen atoms in total. The fourth-order valence-electron chi connectivity index (χ4n) is 3.30. The first-order valence-electron chi connectivity index (χ1n) is 7.96. The first kappa shape index (κ1) is 16.1. The van der Waals surface area contributed by atoms with Gasteiger partial charge in [0.1, 0.15) is 5.69 Å². The van der Waals surface area contributed by atoms with Crippen LogP contribution in [0.15, 0.2) is 16.8 Å². The highest BCUT2D eigenvalue weighted by Crippen LogP contribution is 2.35. The highest BCUT2D eigenvalue weighted by atomic mass is 35.5. The van der Waals surface area contributed by atoms with Gasteiger partial charge < -0.3 is 15.2 Å². The molecule has 2 aromatic rings. The van der Waals surface area contributed by atoms with Crippen molar-refractivity contribution in [2.45, 2.75) is 44.1 Å². The van der Waals surface area contributed by atoms with E-state index in [1.807, 2.05) is 0 Å². The number of nitrogens with zero attached hydrogens (tertiary/aromatic N) is 5. The molecule has 2 fully saturated rings. The van der Waals surface area contributed by atoms with E-state index < -0.39 is 5.54 Å². The Morgan fingerprint density at radius 1 is 1.09 bits per heavy atom. The summed E-state index contributed by atoms with van der Waals surface area (Å²) < 4.78 is 5.40. The molecule has 1 aliphatic carbocycles. The summed E-state index contributed by atoms with van der Waals surface area (Å²) in [5, 5.41) is 4.09. The van der Waals surface area contributed by atoms with E-state index in [0.29, 0.717) is 17.4 Å². The number of rotatable bonds is 3. The largest absolute Gasteiger partial charge is 0.341 e. The van der Waals surface area contributed by atoms with Gasteiger partial charge in [-0.1, -0.05) is 18.0 Å². The van der Waals surface area contributed by atoms with Gasteiger partial charge in [-0.15, -0.1) is 12.4 Å². The van der Waals surface area contributed by atoms with Gasteiger partial charge in [0, 0.05) is 19.3 Å². The lowest BCUT2D eigenvalue weighted by molar-refractivity contribution is 0.372. The number of aromatic nitrogens is 4. The zero-order chi connectivity index (χ0) is 15.0. The predicted molar refractivity (Wildman–Crippen MR) is 88.4 cm³/mol. The Hall–Kier alpha value is -1.73. The van der Waals surface area contributed by atoms with E-state index >= 15 is 0 Å². The molecule has 0 radical (unpaired) electrons. The summed E-state index contributed by atoms with van der Waals surface area (Å²) in [6, 6.07) is 1.80. The summed E-state index contributed by atoms with van der Waals surface area (Å²) in [7, 11) is 0. The molecular weight excluding hydrogens is 316 g/mol. The van der Waals surface area contributed by atoms with Crippen LogP contribution < -0.4 is 10.6 Å². The molecule has 2 aliphatic rings. The SMILES string of the molecule is Cl.NC1(c2noc(-c3ccnc(N4CCCC4)n3)n2)CCCC1. The Labute approximate surface area is 141 Å². The molecule has 1 saturated carbocycles. The van der Waals surface area contributed by atoms with Crippen molar-refractivity contribution in [2.24, 2.45) is 5.73 Å². The maximum absolute atomic E-state index is 6.38. The molecule has 1 saturated heterocycles. The van der Waals surface area contributed by atoms with Crippen LogP contribution in [-0.2, 0) is 5.54 Å². The molecule has 8 heteroatoms. The van der Waals surface area contributed by atoms with E-state index in [9.17, 15) is 0 Å². The summed E-state index contributed by atoms with van der Waals surface area (Å²) in [5.74, 6) is 1.76. The molecule has 23 heavy (non-hydrogen) atoms. The van der Waals surface area contributed by atoms with Crippen molar-refractivity contribution in [3.05, 3.63) is 18.1 Å². The highest BCUT2D eigenvalue weighted by molar-refractivity contribution is 5.85. The molecule has 1 aliphatic heterocycles. The third-order valence-corrected chi connectivity index (χ3v) is 4.62. The van der Waals surface area contributed by atoms with Gasteiger partial charge in [-0.05, 0) is 31.7 Å². The van der Waals surface area contributed by atoms with Gasteiger partial charge in [-0.2, -0.15) is 4.98 Å². The van der Waals surface area contributed by atoms with Crippen LogP contribution in [0.25, 0.3) is 11.6 Å². The van der Waals surface area contributed by atoms with E-state index in [1.54, 1.807) is 12.3 Å². The summed E-state index contributed by atoms with van der Waals surface area (Å²) in [6.07, 6.45) is 8.18. The Bertz CT molecular complexity index is 663. The van der Waals surface area contributed by atoms with Gasteiger partial charge >= 0.3 is 0 Å². The van der Waals surface area contributed by atoms with Gasteiger partial charge in [0.25, 0.3) is 5.89 Å². The molecule has 2 aromatic heterocycles. The minimum absolute atomic E-state index is 0. The molecule has 124 valence electrons. The maximum Gasteiger partial charge on any atom is 0.276 e. The standard InChI is InChI=1S/C15H20N6O.ClH/c16-15(6-1-2-7-15)13-19-12(22-20-13)11-5-8-17-14(18-11)21-9-3-4-10-21;/h5,8H,1-4,6-7,9-10,16H2;1H. The van der Waals surface area contributed by atoms with E-state index in [4.69, 9.17) is 10.3 Å². The first-order valence-corrected chi connectivity index (χ1v) is 7.96. The quantitative estimate of drug-likeness (QED) is 0.918. The Kier molecular flexibility index (Phi) is 4.50. The molecule has 3 heterocycles. The Morgan fingerprint density at radius 2 is 1.83 bits per heavy atom. The van der Waals surface area contributed by atoms with Crippen LogP contribution in [-0.4, -0.2) is 33.2 Å². The van der Waals surface area contributed by atoms with Crippen LogP contribution in [0.4, 0.5) is 5.95 Å². The maximum atomic E-state index is 6.38. The number of nitrogens with two attached hydrogens (primary N) is 1. The van der Waals surface area contributed by atoms with E-state index in [-0.39, 0.29) is 12.4 Å². The summed E-state index contributed by atoms with van der Waals surface area (Å²) >= 11 is 0. The molecule has 0 aromatic carbocycles. The molecule has 0 amide bonds. The molecule has 0 unspecified atom stereocenters. The fourth-order valence-corrected chi connectivity index (χ4v) is 3.30. The molecule has 4 rings (SSSR count). The van der Waals surface area contributed by atoms with Crippen molar-refractivity contribution in [1.29, 1.82) is 0 Å². The predicted octanol–water partition coefficient (Wildman–Crippen LogP) is 2.28. The van der Waals surface area contributed by atoms with Crippen molar-refractivity contribution < 1.29 is 4.52 Å². The smallest absolute Gasteiger partial charge is 0.276 e. The molecule has 0 atom stereocenters. The minimum atomic E-state index is -0.438. The third-order valence-electron chi connectivity index (χ3n) is 4.62. The van der Waals surface area contributed by atoms with Crippen molar-refractivity contribution in [2.75, 3.05) is 18.0 Å². The van der Waals surface area contributed by atoms with Crippen LogP contribution in [0.3, 0.4) is 0 Å². The van der Waals surface area contributed by atoms with Gasteiger partial charge in [-0.3, -0.25) is 0 Å². The minimum Gasteiger partial charge on any atom is -0.341 e. The molecule has 0 spiro atoms. The van der Waals surface area contributed by atoms with Crippen LogP contribution in [0.2, 0.25) is 0 Å². The number of hydrogen-bond acceptors (Lipinski definition) is 7. The van der Waals surface area contributed by atoms with Crippen LogP contribution in [0, 0.1) is 0 Å². The van der Waals surface area contributed by atoms with Crippen LogP contribution in [0.5, 0.6) is 0 Å². The molecule has 0 bridgehead atoms. The van der Waals surface area contributed by atoms with Gasteiger partial charge in [0.05, 0.1) is 5.54 Å². The van der Waals surface area contributed by atoms with E-state index in [1.165, 1.54) is 12.8 Å². The normalized spacial score (nSPS) is 19.8. The summed E-state index contributed by atoms with van der Waals surface area (Å²) in [5.41, 5.74) is 6.60. The number of hydrogen-bond donors (Lipinski definition) is 1. The van der Waals surface area contributed by atoms with Crippen molar-refractivity contribution in [3.63, 3.8) is 0 Å². The van der Waals surface area contributed by atoms with Gasteiger partial charge in [0.15, 0.2) is 5.82 Å². The summed E-state index contributed by atoms with van der Waals surface area (Å²) in [4.78, 5) is 15.6. The fraction of sp³-hybridized carbons (Fsp3) is 0.600. The summed E-state index contributed by atoms with van der Waals surface area (Å²) in [6.45, 7) is 2.01. The van der Waals surface area contributed by atoms with E-state index in [0.717, 1.165) is 44.7 Å². The third kappa shape index (κ3) is 3.03. The van der Waals surface area contributed by atoms with Gasteiger partial charge in [0.2, 0.25) is 5.95 Å². The lowest BCUT2D eigenvalue weighted by Crippen LogP contribution is -2.34. The topological polar surface area (TPSA) is 94.0 Å². The average molecular weight is 337 g/mol. The Morgan fingerprint density at radius 3 is 2.57 bits per heavy atom. The second-order valence-corrected chi connectivity index (χ2v) is 6.22. The first-order chi connectivity index (χ1) is 10.7. The molecule has 2 N–H and O–H groups in total. The van der Waals surface area contributed by atoms with Crippen LogP contribution in [0.1, 0.15) is 44.3 Å². The van der Waals surface area contributed by atoms with Crippen molar-refractivity contribution in [3.8, 4) is 11.6 Å². The average Bonchev–Trinajstić information content (AvgIpc) is 3.29. The lowest BCUT2D eigenvalue weighted by atomic mass is 9.99. The van der Waals surface area contributed by atoms with Crippen molar-refractivity contribution in [1.82, 2.24) is 20.1 Å².